The molecule has 0 aliphatic rings. The molecule has 3 aromatic rings. The SMILES string of the molecule is Cc1cc(C)c(C)c(Oc2ccc(N)c3cnccc23)c1. The third-order valence-electron chi connectivity index (χ3n) is 3.80. The van der Waals surface area contributed by atoms with Crippen molar-refractivity contribution in [2.24, 2.45) is 0 Å². The summed E-state index contributed by atoms with van der Waals surface area (Å²) in [5, 5.41) is 1.89. The molecular weight excluding hydrogens is 260 g/mol. The average Bonchev–Trinajstić information content (AvgIpc) is 2.47. The standard InChI is InChI=1S/C18H18N2O/c1-11-8-12(2)13(3)18(9-11)21-17-5-4-16(19)15-10-20-7-6-14(15)17/h4-10H,19H2,1-3H3. The summed E-state index contributed by atoms with van der Waals surface area (Å²) in [5.74, 6) is 1.69. The van der Waals surface area contributed by atoms with Crippen molar-refractivity contribution in [2.75, 3.05) is 5.73 Å². The lowest BCUT2D eigenvalue weighted by molar-refractivity contribution is 0.483. The van der Waals surface area contributed by atoms with Crippen LogP contribution in [-0.4, -0.2) is 4.98 Å². The molecule has 0 fully saturated rings. The van der Waals surface area contributed by atoms with Crippen molar-refractivity contribution < 1.29 is 4.74 Å². The third-order valence-corrected chi connectivity index (χ3v) is 3.80. The Bertz CT molecular complexity index is 825. The molecule has 0 aliphatic carbocycles. The van der Waals surface area contributed by atoms with Crippen LogP contribution in [0.1, 0.15) is 16.7 Å². The largest absolute Gasteiger partial charge is 0.456 e. The Morgan fingerprint density at radius 3 is 2.57 bits per heavy atom. The molecule has 2 N–H and O–H groups in total. The van der Waals surface area contributed by atoms with Crippen LogP contribution in [0.15, 0.2) is 42.7 Å². The fraction of sp³-hybridized carbons (Fsp3) is 0.167. The van der Waals surface area contributed by atoms with Gasteiger partial charge in [-0.3, -0.25) is 4.98 Å². The van der Waals surface area contributed by atoms with E-state index in [1.54, 1.807) is 12.4 Å². The van der Waals surface area contributed by atoms with Gasteiger partial charge in [0.25, 0.3) is 0 Å². The van der Waals surface area contributed by atoms with Crippen molar-refractivity contribution in [3.05, 3.63) is 59.4 Å². The normalized spacial score (nSPS) is 10.8. The maximum atomic E-state index is 6.16. The minimum absolute atomic E-state index is 0.711. The highest BCUT2D eigenvalue weighted by Gasteiger charge is 2.09. The van der Waals surface area contributed by atoms with Crippen LogP contribution in [0.3, 0.4) is 0 Å². The van der Waals surface area contributed by atoms with E-state index in [2.05, 4.69) is 37.9 Å². The molecule has 0 spiro atoms. The van der Waals surface area contributed by atoms with E-state index in [1.807, 2.05) is 18.2 Å². The number of aromatic nitrogens is 1. The number of ether oxygens (including phenoxy) is 1. The summed E-state index contributed by atoms with van der Waals surface area (Å²) in [6.45, 7) is 6.25. The highest BCUT2D eigenvalue weighted by Crippen LogP contribution is 2.34. The molecule has 0 unspecified atom stereocenters. The van der Waals surface area contributed by atoms with E-state index >= 15 is 0 Å². The zero-order chi connectivity index (χ0) is 15.0. The number of aryl methyl sites for hydroxylation is 2. The molecule has 3 nitrogen and oxygen atoms in total. The van der Waals surface area contributed by atoms with Crippen LogP contribution < -0.4 is 10.5 Å². The summed E-state index contributed by atoms with van der Waals surface area (Å²) in [7, 11) is 0. The van der Waals surface area contributed by atoms with Crippen molar-refractivity contribution in [3.8, 4) is 11.5 Å². The fourth-order valence-electron chi connectivity index (χ4n) is 2.50. The molecular formula is C18H18N2O. The first-order chi connectivity index (χ1) is 10.1. The van der Waals surface area contributed by atoms with E-state index in [-0.39, 0.29) is 0 Å². The van der Waals surface area contributed by atoms with Gasteiger partial charge in [0.2, 0.25) is 0 Å². The van der Waals surface area contributed by atoms with Gasteiger partial charge >= 0.3 is 0 Å². The summed E-state index contributed by atoms with van der Waals surface area (Å²) >= 11 is 0. The second-order valence-corrected chi connectivity index (χ2v) is 5.38. The van der Waals surface area contributed by atoms with E-state index in [4.69, 9.17) is 10.5 Å². The first-order valence-electron chi connectivity index (χ1n) is 6.94. The molecule has 0 radical (unpaired) electrons. The topological polar surface area (TPSA) is 48.1 Å². The molecule has 0 amide bonds. The quantitative estimate of drug-likeness (QED) is 0.700. The number of hydrogen-bond acceptors (Lipinski definition) is 3. The summed E-state index contributed by atoms with van der Waals surface area (Å²) < 4.78 is 6.16. The van der Waals surface area contributed by atoms with Gasteiger partial charge in [0.05, 0.1) is 0 Å². The molecule has 3 rings (SSSR count). The van der Waals surface area contributed by atoms with E-state index in [0.29, 0.717) is 5.69 Å². The monoisotopic (exact) mass is 278 g/mol. The van der Waals surface area contributed by atoms with E-state index in [9.17, 15) is 0 Å². The van der Waals surface area contributed by atoms with Crippen LogP contribution in [0, 0.1) is 20.8 Å². The Hall–Kier alpha value is -2.55. The van der Waals surface area contributed by atoms with Gasteiger partial charge in [-0.15, -0.1) is 0 Å². The number of nitrogen functional groups attached to an aromatic ring is 1. The Morgan fingerprint density at radius 1 is 0.952 bits per heavy atom. The molecule has 0 saturated heterocycles. The molecule has 21 heavy (non-hydrogen) atoms. The van der Waals surface area contributed by atoms with Crippen LogP contribution in [-0.2, 0) is 0 Å². The van der Waals surface area contributed by atoms with Gasteiger partial charge in [-0.2, -0.15) is 0 Å². The maximum absolute atomic E-state index is 6.16. The second-order valence-electron chi connectivity index (χ2n) is 5.38. The molecule has 0 atom stereocenters. The van der Waals surface area contributed by atoms with E-state index in [0.717, 1.165) is 27.8 Å². The van der Waals surface area contributed by atoms with Gasteiger partial charge < -0.3 is 10.5 Å². The van der Waals surface area contributed by atoms with E-state index < -0.39 is 0 Å². The first-order valence-corrected chi connectivity index (χ1v) is 6.94. The maximum Gasteiger partial charge on any atom is 0.135 e. The van der Waals surface area contributed by atoms with Crippen molar-refractivity contribution in [1.29, 1.82) is 0 Å². The predicted molar refractivity (Wildman–Crippen MR) is 86.9 cm³/mol. The van der Waals surface area contributed by atoms with Crippen molar-refractivity contribution >= 4 is 16.5 Å². The number of nitrogens with zero attached hydrogens (tertiary/aromatic N) is 1. The minimum Gasteiger partial charge on any atom is -0.456 e. The van der Waals surface area contributed by atoms with Gasteiger partial charge in [0.1, 0.15) is 11.5 Å². The van der Waals surface area contributed by atoms with Crippen molar-refractivity contribution in [3.63, 3.8) is 0 Å². The van der Waals surface area contributed by atoms with Gasteiger partial charge in [0, 0.05) is 28.9 Å². The number of benzene rings is 2. The Kier molecular flexibility index (Phi) is 3.26. The Morgan fingerprint density at radius 2 is 1.76 bits per heavy atom. The lowest BCUT2D eigenvalue weighted by Crippen LogP contribution is -1.94. The molecule has 0 aliphatic heterocycles. The minimum atomic E-state index is 0.711. The highest BCUT2D eigenvalue weighted by molar-refractivity contribution is 5.96. The van der Waals surface area contributed by atoms with Crippen LogP contribution in [0.2, 0.25) is 0 Å². The fourth-order valence-corrected chi connectivity index (χ4v) is 2.50. The summed E-state index contributed by atoms with van der Waals surface area (Å²) in [5.41, 5.74) is 10.3. The number of nitrogens with two attached hydrogens (primary N) is 1. The van der Waals surface area contributed by atoms with Gasteiger partial charge in [-0.05, 0) is 61.7 Å². The third kappa shape index (κ3) is 2.42. The number of fused-ring (bicyclic) bond motifs is 1. The highest BCUT2D eigenvalue weighted by atomic mass is 16.5. The molecule has 1 aromatic heterocycles. The van der Waals surface area contributed by atoms with Crippen LogP contribution in [0.4, 0.5) is 5.69 Å². The molecule has 2 aromatic carbocycles. The van der Waals surface area contributed by atoms with Gasteiger partial charge in [0.15, 0.2) is 0 Å². The number of pyridine rings is 1. The lowest BCUT2D eigenvalue weighted by atomic mass is 10.1. The number of rotatable bonds is 2. The molecule has 3 heteroatoms. The Balaban J connectivity index is 2.13. The summed E-state index contributed by atoms with van der Waals surface area (Å²) in [6.07, 6.45) is 3.52. The second kappa shape index (κ2) is 5.09. The van der Waals surface area contributed by atoms with Crippen molar-refractivity contribution in [2.45, 2.75) is 20.8 Å². The number of anilines is 1. The summed E-state index contributed by atoms with van der Waals surface area (Å²) in [6, 6.07) is 9.92. The van der Waals surface area contributed by atoms with Gasteiger partial charge in [-0.25, -0.2) is 0 Å². The summed E-state index contributed by atoms with van der Waals surface area (Å²) in [4.78, 5) is 4.13. The first kappa shape index (κ1) is 13.4. The molecule has 1 heterocycles. The average molecular weight is 278 g/mol. The Labute approximate surface area is 124 Å². The smallest absolute Gasteiger partial charge is 0.135 e. The molecule has 0 saturated carbocycles. The molecule has 0 bridgehead atoms. The van der Waals surface area contributed by atoms with Crippen molar-refractivity contribution in [1.82, 2.24) is 4.98 Å². The zero-order valence-corrected chi connectivity index (χ0v) is 12.5. The van der Waals surface area contributed by atoms with Crippen LogP contribution >= 0.6 is 0 Å². The van der Waals surface area contributed by atoms with Gasteiger partial charge in [-0.1, -0.05) is 6.07 Å². The number of hydrogen-bond donors (Lipinski definition) is 1. The lowest BCUT2D eigenvalue weighted by Gasteiger charge is -2.14. The van der Waals surface area contributed by atoms with Crippen LogP contribution in [0.5, 0.6) is 11.5 Å². The predicted octanol–water partition coefficient (Wildman–Crippen LogP) is 4.53. The zero-order valence-electron chi connectivity index (χ0n) is 12.5. The molecule has 106 valence electrons. The van der Waals surface area contributed by atoms with E-state index in [1.165, 1.54) is 11.1 Å². The van der Waals surface area contributed by atoms with Crippen LogP contribution in [0.25, 0.3) is 10.8 Å².